The third-order valence-electron chi connectivity index (χ3n) is 4.58. The molecule has 3 aromatic rings. The molecule has 1 saturated heterocycles. The number of methoxy groups -OCH3 is 1. The van der Waals surface area contributed by atoms with E-state index >= 15 is 0 Å². The predicted molar refractivity (Wildman–Crippen MR) is 112 cm³/mol. The number of Topliss-reactive ketones (excluding diaryl/α,β-unsaturated/α-hetero) is 1. The molecule has 0 bridgehead atoms. The predicted octanol–water partition coefficient (Wildman–Crippen LogP) is 3.72. The Kier molecular flexibility index (Phi) is 5.24. The summed E-state index contributed by atoms with van der Waals surface area (Å²) in [5.74, 6) is -0.416. The van der Waals surface area contributed by atoms with Gasteiger partial charge in [-0.3, -0.25) is 24.1 Å². The van der Waals surface area contributed by atoms with Gasteiger partial charge in [0.2, 0.25) is 0 Å². The fraction of sp³-hybridized carbons (Fsp3) is 0.0909. The molecule has 1 aromatic heterocycles. The van der Waals surface area contributed by atoms with Crippen LogP contribution in [0, 0.1) is 0 Å². The molecule has 0 spiro atoms. The molecule has 1 fully saturated rings. The summed E-state index contributed by atoms with van der Waals surface area (Å²) in [5, 5.41) is -0.196. The molecule has 30 heavy (non-hydrogen) atoms. The van der Waals surface area contributed by atoms with Crippen LogP contribution in [0.4, 0.5) is 4.79 Å². The van der Waals surface area contributed by atoms with Crippen LogP contribution < -0.4 is 10.2 Å². The van der Waals surface area contributed by atoms with Gasteiger partial charge >= 0.3 is 0 Å². The summed E-state index contributed by atoms with van der Waals surface area (Å²) in [6, 6.07) is 13.1. The van der Waals surface area contributed by atoms with E-state index in [1.165, 1.54) is 19.4 Å². The van der Waals surface area contributed by atoms with Crippen molar-refractivity contribution >= 4 is 45.7 Å². The summed E-state index contributed by atoms with van der Waals surface area (Å²) in [6.07, 6.45) is 2.57. The smallest absolute Gasteiger partial charge is 0.293 e. The number of hydrogen-bond acceptors (Lipinski definition) is 7. The van der Waals surface area contributed by atoms with E-state index < -0.39 is 11.1 Å². The summed E-state index contributed by atoms with van der Waals surface area (Å²) < 4.78 is 10.5. The van der Waals surface area contributed by atoms with Gasteiger partial charge in [0.05, 0.1) is 29.5 Å². The van der Waals surface area contributed by atoms with Gasteiger partial charge in [0.1, 0.15) is 17.6 Å². The number of benzene rings is 2. The highest BCUT2D eigenvalue weighted by atomic mass is 32.2. The van der Waals surface area contributed by atoms with Crippen LogP contribution in [0.3, 0.4) is 0 Å². The zero-order valence-electron chi connectivity index (χ0n) is 15.8. The van der Waals surface area contributed by atoms with Crippen molar-refractivity contribution in [1.29, 1.82) is 0 Å². The number of thioether (sulfide) groups is 1. The van der Waals surface area contributed by atoms with Crippen LogP contribution in [0.1, 0.15) is 15.9 Å². The minimum absolute atomic E-state index is 0.0603. The van der Waals surface area contributed by atoms with Gasteiger partial charge in [-0.2, -0.15) is 0 Å². The van der Waals surface area contributed by atoms with Crippen LogP contribution in [0.5, 0.6) is 5.75 Å². The molecule has 0 N–H and O–H groups in total. The quantitative estimate of drug-likeness (QED) is 0.458. The number of imide groups is 1. The lowest BCUT2D eigenvalue weighted by atomic mass is 10.1. The van der Waals surface area contributed by atoms with E-state index in [1.807, 2.05) is 0 Å². The first-order chi connectivity index (χ1) is 14.5. The van der Waals surface area contributed by atoms with Crippen LogP contribution in [0.25, 0.3) is 17.0 Å². The van der Waals surface area contributed by atoms with E-state index in [9.17, 15) is 19.2 Å². The number of ketones is 1. The van der Waals surface area contributed by atoms with Crippen LogP contribution in [0.15, 0.2) is 68.9 Å². The Labute approximate surface area is 174 Å². The molecule has 7 nitrogen and oxygen atoms in total. The number of carbonyl (C=O) groups excluding carboxylic acids is 3. The summed E-state index contributed by atoms with van der Waals surface area (Å²) in [7, 11) is 1.51. The number of ether oxygens (including phenoxy) is 1. The van der Waals surface area contributed by atoms with E-state index in [0.29, 0.717) is 34.0 Å². The second-order valence-electron chi connectivity index (χ2n) is 6.44. The third kappa shape index (κ3) is 3.65. The second kappa shape index (κ2) is 8.00. The lowest BCUT2D eigenvalue weighted by Gasteiger charge is -2.11. The molecule has 8 heteroatoms. The lowest BCUT2D eigenvalue weighted by Crippen LogP contribution is -2.33. The normalized spacial score (nSPS) is 15.2. The van der Waals surface area contributed by atoms with Crippen molar-refractivity contribution in [1.82, 2.24) is 4.90 Å². The minimum Gasteiger partial charge on any atom is -0.497 e. The monoisotopic (exact) mass is 421 g/mol. The van der Waals surface area contributed by atoms with Gasteiger partial charge in [-0.15, -0.1) is 0 Å². The van der Waals surface area contributed by atoms with Crippen molar-refractivity contribution in [3.63, 3.8) is 0 Å². The van der Waals surface area contributed by atoms with Crippen LogP contribution in [-0.2, 0) is 4.79 Å². The molecular weight excluding hydrogens is 406 g/mol. The number of hydrogen-bond donors (Lipinski definition) is 0. The average Bonchev–Trinajstić information content (AvgIpc) is 3.03. The second-order valence-corrected chi connectivity index (χ2v) is 7.43. The van der Waals surface area contributed by atoms with E-state index in [0.717, 1.165) is 4.90 Å². The Morgan fingerprint density at radius 1 is 1.10 bits per heavy atom. The van der Waals surface area contributed by atoms with Crippen molar-refractivity contribution in [3.8, 4) is 5.75 Å². The fourth-order valence-electron chi connectivity index (χ4n) is 2.98. The molecule has 2 heterocycles. The van der Waals surface area contributed by atoms with Gasteiger partial charge in [0.25, 0.3) is 11.1 Å². The van der Waals surface area contributed by atoms with Gasteiger partial charge in [-0.05, 0) is 54.2 Å². The number of nitrogens with zero attached hydrogens (tertiary/aromatic N) is 1. The molecule has 2 aromatic carbocycles. The number of amides is 2. The molecule has 4 rings (SSSR count). The molecule has 0 atom stereocenters. The average molecular weight is 421 g/mol. The van der Waals surface area contributed by atoms with E-state index in [1.54, 1.807) is 48.5 Å². The SMILES string of the molecule is COc1ccc(C(=O)CN2C(=O)S/C(=C\c3coc4ccccc4c3=O)C2=O)cc1. The van der Waals surface area contributed by atoms with Gasteiger partial charge in [-0.1, -0.05) is 12.1 Å². The first-order valence-corrected chi connectivity index (χ1v) is 9.73. The fourth-order valence-corrected chi connectivity index (χ4v) is 3.81. The summed E-state index contributed by atoms with van der Waals surface area (Å²) in [4.78, 5) is 51.0. The maximum Gasteiger partial charge on any atom is 0.293 e. The molecular formula is C22H15NO6S. The van der Waals surface area contributed by atoms with E-state index in [2.05, 4.69) is 0 Å². The van der Waals surface area contributed by atoms with Crippen LogP contribution in [0.2, 0.25) is 0 Å². The Bertz CT molecular complexity index is 1260. The summed E-state index contributed by atoms with van der Waals surface area (Å²) in [6.45, 7) is -0.388. The lowest BCUT2D eigenvalue weighted by molar-refractivity contribution is -0.122. The standard InChI is InChI=1S/C22H15NO6S/c1-28-15-8-6-13(7-9-15)17(24)11-23-21(26)19(30-22(23)27)10-14-12-29-18-5-3-2-4-16(18)20(14)25/h2-10,12H,11H2,1H3/b19-10-. The zero-order valence-corrected chi connectivity index (χ0v) is 16.6. The Balaban J connectivity index is 1.57. The third-order valence-corrected chi connectivity index (χ3v) is 5.49. The maximum atomic E-state index is 12.7. The topological polar surface area (TPSA) is 93.9 Å². The Morgan fingerprint density at radius 3 is 2.57 bits per heavy atom. The number of para-hydroxylation sites is 1. The van der Waals surface area contributed by atoms with Crippen LogP contribution in [-0.4, -0.2) is 35.5 Å². The molecule has 0 aliphatic carbocycles. The number of carbonyl (C=O) groups is 3. The highest BCUT2D eigenvalue weighted by Crippen LogP contribution is 2.32. The van der Waals surface area contributed by atoms with E-state index in [-0.39, 0.29) is 28.2 Å². The Morgan fingerprint density at radius 2 is 1.83 bits per heavy atom. The zero-order chi connectivity index (χ0) is 21.3. The van der Waals surface area contributed by atoms with E-state index in [4.69, 9.17) is 9.15 Å². The molecule has 150 valence electrons. The van der Waals surface area contributed by atoms with Crippen molar-refractivity contribution in [2.24, 2.45) is 0 Å². The van der Waals surface area contributed by atoms with Crippen LogP contribution >= 0.6 is 11.8 Å². The summed E-state index contributed by atoms with van der Waals surface area (Å²) >= 11 is 0.680. The highest BCUT2D eigenvalue weighted by Gasteiger charge is 2.36. The first kappa shape index (κ1) is 19.7. The van der Waals surface area contributed by atoms with Crippen molar-refractivity contribution in [3.05, 3.63) is 81.0 Å². The van der Waals surface area contributed by atoms with Gasteiger partial charge < -0.3 is 9.15 Å². The molecule has 1 aliphatic heterocycles. The molecule has 0 radical (unpaired) electrons. The molecule has 2 amide bonds. The first-order valence-electron chi connectivity index (χ1n) is 8.91. The summed E-state index contributed by atoms with van der Waals surface area (Å²) in [5.41, 5.74) is 0.630. The number of rotatable bonds is 5. The number of fused-ring (bicyclic) bond motifs is 1. The van der Waals surface area contributed by atoms with Crippen molar-refractivity contribution in [2.45, 2.75) is 0 Å². The molecule has 1 aliphatic rings. The minimum atomic E-state index is -0.626. The molecule has 0 unspecified atom stereocenters. The van der Waals surface area contributed by atoms with Gasteiger partial charge in [0, 0.05) is 5.56 Å². The Hall–Kier alpha value is -3.65. The van der Waals surface area contributed by atoms with Gasteiger partial charge in [0.15, 0.2) is 11.2 Å². The van der Waals surface area contributed by atoms with Crippen molar-refractivity contribution < 1.29 is 23.5 Å². The highest BCUT2D eigenvalue weighted by molar-refractivity contribution is 8.18. The largest absolute Gasteiger partial charge is 0.497 e. The molecule has 0 saturated carbocycles. The van der Waals surface area contributed by atoms with Crippen molar-refractivity contribution in [2.75, 3.05) is 13.7 Å². The maximum absolute atomic E-state index is 12.7. The van der Waals surface area contributed by atoms with Gasteiger partial charge in [-0.25, -0.2) is 0 Å².